The van der Waals surface area contributed by atoms with Gasteiger partial charge in [-0.2, -0.15) is 0 Å². The second kappa shape index (κ2) is 4.54. The van der Waals surface area contributed by atoms with Crippen LogP contribution in [0.3, 0.4) is 0 Å². The van der Waals surface area contributed by atoms with Gasteiger partial charge in [0.05, 0.1) is 10.9 Å². The third-order valence-corrected chi connectivity index (χ3v) is 4.07. The highest BCUT2D eigenvalue weighted by Gasteiger charge is 2.54. The summed E-state index contributed by atoms with van der Waals surface area (Å²) in [7, 11) is 0. The van der Waals surface area contributed by atoms with Crippen molar-refractivity contribution in [1.82, 2.24) is 5.32 Å². The highest BCUT2D eigenvalue weighted by atomic mass is 35.5. The molecule has 0 saturated heterocycles. The van der Waals surface area contributed by atoms with Gasteiger partial charge in [-0.1, -0.05) is 16.8 Å². The van der Waals surface area contributed by atoms with Crippen LogP contribution in [0.15, 0.2) is 17.3 Å². The Hall–Kier alpha value is -1.27. The minimum Gasteiger partial charge on any atom is -0.409 e. The number of oxime groups is 1. The van der Waals surface area contributed by atoms with Gasteiger partial charge in [-0.05, 0) is 25.0 Å². The third kappa shape index (κ3) is 2.37. The summed E-state index contributed by atoms with van der Waals surface area (Å²) in [4.78, 5) is 12.9. The maximum absolute atomic E-state index is 11.9. The van der Waals surface area contributed by atoms with Gasteiger partial charge < -0.3 is 16.3 Å². The van der Waals surface area contributed by atoms with E-state index in [9.17, 15) is 4.79 Å². The van der Waals surface area contributed by atoms with Crippen LogP contribution in [0.1, 0.15) is 17.7 Å². The van der Waals surface area contributed by atoms with Gasteiger partial charge in [-0.15, -0.1) is 11.3 Å². The number of carbonyl (C=O) groups is 1. The van der Waals surface area contributed by atoms with Gasteiger partial charge in [0.15, 0.2) is 5.84 Å². The van der Waals surface area contributed by atoms with Crippen molar-refractivity contribution in [3.8, 4) is 0 Å². The molecule has 5 nitrogen and oxygen atoms in total. The van der Waals surface area contributed by atoms with E-state index in [0.29, 0.717) is 23.7 Å². The molecule has 7 heteroatoms. The predicted octanol–water partition coefficient (Wildman–Crippen LogP) is 1.54. The summed E-state index contributed by atoms with van der Waals surface area (Å²) in [5, 5.41) is 14.3. The molecule has 2 rings (SSSR count). The second-order valence-corrected chi connectivity index (χ2v) is 5.76. The summed E-state index contributed by atoms with van der Waals surface area (Å²) < 4.78 is 0.687. The Morgan fingerprint density at radius 2 is 2.35 bits per heavy atom. The molecule has 0 atom stereocenters. The summed E-state index contributed by atoms with van der Waals surface area (Å²) in [5.74, 6) is -0.212. The molecule has 0 aliphatic heterocycles. The molecule has 1 saturated carbocycles. The smallest absolute Gasteiger partial charge is 0.234 e. The SMILES string of the molecule is N/C(=N/O)C1(C(=O)NCc2ccc(Cl)s2)CC1. The standard InChI is InChI=1S/C10H12ClN3O2S/c11-7-2-1-6(17-7)5-13-9(15)10(3-4-10)8(12)14-16/h1-2,16H,3-5H2,(H2,12,14)(H,13,15). The van der Waals surface area contributed by atoms with E-state index in [1.54, 1.807) is 6.07 Å². The number of nitrogens with two attached hydrogens (primary N) is 1. The van der Waals surface area contributed by atoms with Crippen molar-refractivity contribution in [3.63, 3.8) is 0 Å². The highest BCUT2D eigenvalue weighted by Crippen LogP contribution is 2.46. The normalized spacial score (nSPS) is 17.8. The summed E-state index contributed by atoms with van der Waals surface area (Å²) in [5.41, 5.74) is 4.71. The minimum atomic E-state index is -0.796. The van der Waals surface area contributed by atoms with Crippen LogP contribution >= 0.6 is 22.9 Å². The molecular weight excluding hydrogens is 262 g/mol. The fourth-order valence-corrected chi connectivity index (χ4v) is 2.63. The number of thiophene rings is 1. The van der Waals surface area contributed by atoms with Crippen molar-refractivity contribution in [2.45, 2.75) is 19.4 Å². The largest absolute Gasteiger partial charge is 0.409 e. The summed E-state index contributed by atoms with van der Waals surface area (Å²) in [6.45, 7) is 0.413. The Labute approximate surface area is 107 Å². The van der Waals surface area contributed by atoms with Crippen LogP contribution in [-0.4, -0.2) is 17.0 Å². The number of nitrogens with one attached hydrogen (secondary N) is 1. The number of carbonyl (C=O) groups excluding carboxylic acids is 1. The number of rotatable bonds is 4. The van der Waals surface area contributed by atoms with Gasteiger partial charge in [0.1, 0.15) is 5.41 Å². The van der Waals surface area contributed by atoms with E-state index in [1.165, 1.54) is 11.3 Å². The predicted molar refractivity (Wildman–Crippen MR) is 66.3 cm³/mol. The number of hydrogen-bond donors (Lipinski definition) is 3. The molecule has 1 aromatic rings. The summed E-state index contributed by atoms with van der Waals surface area (Å²) in [6.07, 6.45) is 1.25. The minimum absolute atomic E-state index is 0.0146. The highest BCUT2D eigenvalue weighted by molar-refractivity contribution is 7.16. The van der Waals surface area contributed by atoms with Crippen LogP contribution in [0.2, 0.25) is 4.34 Å². The molecule has 1 fully saturated rings. The molecule has 1 amide bonds. The van der Waals surface area contributed by atoms with Crippen LogP contribution in [0.5, 0.6) is 0 Å². The van der Waals surface area contributed by atoms with Gasteiger partial charge in [0, 0.05) is 4.88 Å². The van der Waals surface area contributed by atoms with E-state index in [0.717, 1.165) is 4.88 Å². The molecule has 0 aromatic carbocycles. The number of hydrogen-bond acceptors (Lipinski definition) is 4. The van der Waals surface area contributed by atoms with E-state index in [1.807, 2.05) is 6.07 Å². The van der Waals surface area contributed by atoms with Crippen molar-refractivity contribution in [2.75, 3.05) is 0 Å². The quantitative estimate of drug-likeness (QED) is 0.337. The first-order valence-corrected chi connectivity index (χ1v) is 6.28. The Morgan fingerprint density at radius 1 is 1.65 bits per heavy atom. The van der Waals surface area contributed by atoms with Crippen LogP contribution < -0.4 is 11.1 Å². The topological polar surface area (TPSA) is 87.7 Å². The Morgan fingerprint density at radius 3 is 2.82 bits per heavy atom. The first kappa shape index (κ1) is 12.2. The van der Waals surface area contributed by atoms with Crippen molar-refractivity contribution < 1.29 is 10.0 Å². The molecule has 0 bridgehead atoms. The van der Waals surface area contributed by atoms with E-state index >= 15 is 0 Å². The van der Waals surface area contributed by atoms with Crippen molar-refractivity contribution >= 4 is 34.7 Å². The lowest BCUT2D eigenvalue weighted by molar-refractivity contribution is -0.124. The maximum atomic E-state index is 11.9. The molecule has 1 aliphatic rings. The van der Waals surface area contributed by atoms with E-state index in [2.05, 4.69) is 10.5 Å². The zero-order chi connectivity index (χ0) is 12.5. The van der Waals surface area contributed by atoms with Crippen LogP contribution in [0, 0.1) is 5.41 Å². The fraction of sp³-hybridized carbons (Fsp3) is 0.400. The molecular formula is C10H12ClN3O2S. The van der Waals surface area contributed by atoms with E-state index in [4.69, 9.17) is 22.5 Å². The van der Waals surface area contributed by atoms with Crippen LogP contribution in [0.4, 0.5) is 0 Å². The van der Waals surface area contributed by atoms with Gasteiger partial charge in [0.2, 0.25) is 5.91 Å². The molecule has 0 unspecified atom stereocenters. The average molecular weight is 274 g/mol. The fourth-order valence-electron chi connectivity index (χ4n) is 1.60. The van der Waals surface area contributed by atoms with Gasteiger partial charge in [-0.25, -0.2) is 0 Å². The van der Waals surface area contributed by atoms with Crippen LogP contribution in [0.25, 0.3) is 0 Å². The molecule has 0 radical (unpaired) electrons. The van der Waals surface area contributed by atoms with Gasteiger partial charge >= 0.3 is 0 Å². The molecule has 1 aliphatic carbocycles. The van der Waals surface area contributed by atoms with E-state index < -0.39 is 5.41 Å². The lowest BCUT2D eigenvalue weighted by Crippen LogP contribution is -2.40. The zero-order valence-electron chi connectivity index (χ0n) is 8.94. The number of nitrogens with zero attached hydrogens (tertiary/aromatic N) is 1. The molecule has 1 heterocycles. The molecule has 92 valence electrons. The third-order valence-electron chi connectivity index (χ3n) is 2.83. The number of halogens is 1. The Bertz CT molecular complexity index is 468. The number of amides is 1. The Kier molecular flexibility index (Phi) is 3.26. The summed E-state index contributed by atoms with van der Waals surface area (Å²) >= 11 is 7.20. The first-order valence-electron chi connectivity index (χ1n) is 5.09. The van der Waals surface area contributed by atoms with Crippen LogP contribution in [-0.2, 0) is 11.3 Å². The molecule has 4 N–H and O–H groups in total. The monoisotopic (exact) mass is 273 g/mol. The molecule has 17 heavy (non-hydrogen) atoms. The van der Waals surface area contributed by atoms with Gasteiger partial charge in [-0.3, -0.25) is 4.79 Å². The van der Waals surface area contributed by atoms with Crippen molar-refractivity contribution in [2.24, 2.45) is 16.3 Å². The Balaban J connectivity index is 1.94. The zero-order valence-corrected chi connectivity index (χ0v) is 10.5. The second-order valence-electron chi connectivity index (χ2n) is 3.96. The lowest BCUT2D eigenvalue weighted by atomic mass is 10.1. The first-order chi connectivity index (χ1) is 8.08. The number of amidine groups is 1. The summed E-state index contributed by atoms with van der Waals surface area (Å²) in [6, 6.07) is 3.64. The van der Waals surface area contributed by atoms with Gasteiger partial charge in [0.25, 0.3) is 0 Å². The van der Waals surface area contributed by atoms with Crippen molar-refractivity contribution in [3.05, 3.63) is 21.3 Å². The lowest BCUT2D eigenvalue weighted by Gasteiger charge is -2.12. The molecule has 0 spiro atoms. The maximum Gasteiger partial charge on any atom is 0.234 e. The van der Waals surface area contributed by atoms with Crippen molar-refractivity contribution in [1.29, 1.82) is 0 Å². The average Bonchev–Trinajstić information content (AvgIpc) is 3.04. The molecule has 1 aromatic heterocycles. The van der Waals surface area contributed by atoms with E-state index in [-0.39, 0.29) is 11.7 Å².